The predicted molar refractivity (Wildman–Crippen MR) is 34.2 cm³/mol. The van der Waals surface area contributed by atoms with Gasteiger partial charge in [-0.3, -0.25) is 0 Å². The second-order valence-corrected chi connectivity index (χ2v) is 2.19. The third-order valence-electron chi connectivity index (χ3n) is 1.64. The van der Waals surface area contributed by atoms with Crippen molar-refractivity contribution < 1.29 is 0 Å². The van der Waals surface area contributed by atoms with Crippen molar-refractivity contribution in [2.45, 2.75) is 6.42 Å². The van der Waals surface area contributed by atoms with Gasteiger partial charge in [0, 0.05) is 26.7 Å². The molecule has 0 bridgehead atoms. The van der Waals surface area contributed by atoms with E-state index in [4.69, 9.17) is 0 Å². The van der Waals surface area contributed by atoms with Crippen molar-refractivity contribution in [3.05, 3.63) is 6.92 Å². The third-order valence-corrected chi connectivity index (χ3v) is 1.64. The van der Waals surface area contributed by atoms with Crippen molar-refractivity contribution in [3.63, 3.8) is 0 Å². The molecule has 0 aromatic carbocycles. The fourth-order valence-electron chi connectivity index (χ4n) is 1.08. The van der Waals surface area contributed by atoms with Crippen LogP contribution in [0.3, 0.4) is 0 Å². The Balaban J connectivity index is 2.30. The molecule has 1 aliphatic heterocycles. The van der Waals surface area contributed by atoms with Crippen LogP contribution >= 0.6 is 0 Å². The van der Waals surface area contributed by atoms with Gasteiger partial charge in [-0.15, -0.1) is 0 Å². The minimum absolute atomic E-state index is 0.913. The van der Waals surface area contributed by atoms with E-state index in [1.165, 1.54) is 19.5 Å². The fraction of sp³-hybridized carbons (Fsp3) is 0.833. The second-order valence-electron chi connectivity index (χ2n) is 2.19. The molecule has 1 saturated heterocycles. The van der Waals surface area contributed by atoms with E-state index in [1.54, 1.807) is 0 Å². The summed E-state index contributed by atoms with van der Waals surface area (Å²) in [7, 11) is 2.11. The smallest absolute Gasteiger partial charge is 0.0145 e. The molecule has 1 fully saturated rings. The lowest BCUT2D eigenvalue weighted by atomic mass is 10.5. The first kappa shape index (κ1) is 6.05. The van der Waals surface area contributed by atoms with Crippen molar-refractivity contribution in [1.82, 2.24) is 10.0 Å². The molecule has 1 rings (SSSR count). The van der Waals surface area contributed by atoms with Gasteiger partial charge in [-0.1, -0.05) is 0 Å². The van der Waals surface area contributed by atoms with Crippen molar-refractivity contribution in [1.29, 1.82) is 0 Å². The summed E-state index contributed by atoms with van der Waals surface area (Å²) in [5.74, 6) is 0. The van der Waals surface area contributed by atoms with Crippen molar-refractivity contribution >= 4 is 0 Å². The summed E-state index contributed by atoms with van der Waals surface area (Å²) in [5.41, 5.74) is 0. The molecular formula is C6H13N2. The summed E-state index contributed by atoms with van der Waals surface area (Å²) in [4.78, 5) is 0. The highest BCUT2D eigenvalue weighted by molar-refractivity contribution is 4.63. The van der Waals surface area contributed by atoms with Crippen LogP contribution in [0.25, 0.3) is 0 Å². The summed E-state index contributed by atoms with van der Waals surface area (Å²) in [6, 6.07) is 0. The van der Waals surface area contributed by atoms with Crippen LogP contribution < -0.4 is 0 Å². The molecule has 2 heteroatoms. The molecule has 1 aliphatic rings. The van der Waals surface area contributed by atoms with Crippen LogP contribution in [0.4, 0.5) is 0 Å². The SMILES string of the molecule is [CH2]CN1CCCN1C. The molecular weight excluding hydrogens is 100 g/mol. The van der Waals surface area contributed by atoms with Crippen molar-refractivity contribution in [2.24, 2.45) is 0 Å². The van der Waals surface area contributed by atoms with Gasteiger partial charge in [0.2, 0.25) is 0 Å². The Morgan fingerprint density at radius 3 is 2.50 bits per heavy atom. The summed E-state index contributed by atoms with van der Waals surface area (Å²) in [5, 5.41) is 4.48. The lowest BCUT2D eigenvalue weighted by Crippen LogP contribution is -2.32. The van der Waals surface area contributed by atoms with Crippen LogP contribution in [0, 0.1) is 6.92 Å². The van der Waals surface area contributed by atoms with Gasteiger partial charge in [-0.2, -0.15) is 0 Å². The van der Waals surface area contributed by atoms with Gasteiger partial charge in [0.15, 0.2) is 0 Å². The van der Waals surface area contributed by atoms with E-state index in [-0.39, 0.29) is 0 Å². The molecule has 0 unspecified atom stereocenters. The minimum atomic E-state index is 0.913. The van der Waals surface area contributed by atoms with E-state index in [0.29, 0.717) is 0 Å². The van der Waals surface area contributed by atoms with Crippen LogP contribution in [0.2, 0.25) is 0 Å². The second kappa shape index (κ2) is 2.46. The van der Waals surface area contributed by atoms with E-state index in [9.17, 15) is 0 Å². The standard InChI is InChI=1S/C6H13N2/c1-3-8-6-4-5-7(8)2/h1,3-6H2,2H3. The molecule has 1 radical (unpaired) electrons. The largest absolute Gasteiger partial charge is 0.245 e. The summed E-state index contributed by atoms with van der Waals surface area (Å²) in [6.07, 6.45) is 1.30. The molecule has 2 nitrogen and oxygen atoms in total. The summed E-state index contributed by atoms with van der Waals surface area (Å²) < 4.78 is 0. The van der Waals surface area contributed by atoms with E-state index >= 15 is 0 Å². The van der Waals surface area contributed by atoms with Gasteiger partial charge in [-0.05, 0) is 13.3 Å². The van der Waals surface area contributed by atoms with E-state index in [0.717, 1.165) is 6.54 Å². The van der Waals surface area contributed by atoms with Crippen molar-refractivity contribution in [3.8, 4) is 0 Å². The quantitative estimate of drug-likeness (QED) is 0.485. The Morgan fingerprint density at radius 1 is 1.50 bits per heavy atom. The topological polar surface area (TPSA) is 6.48 Å². The zero-order chi connectivity index (χ0) is 5.98. The summed E-state index contributed by atoms with van der Waals surface area (Å²) in [6.45, 7) is 7.11. The molecule has 0 amide bonds. The molecule has 0 atom stereocenters. The zero-order valence-corrected chi connectivity index (χ0v) is 5.43. The predicted octanol–water partition coefficient (Wildman–Crippen LogP) is 0.373. The van der Waals surface area contributed by atoms with E-state index < -0.39 is 0 Å². The maximum atomic E-state index is 3.80. The molecule has 47 valence electrons. The Labute approximate surface area is 51.0 Å². The molecule has 0 N–H and O–H groups in total. The van der Waals surface area contributed by atoms with Crippen LogP contribution in [0.15, 0.2) is 0 Å². The van der Waals surface area contributed by atoms with Crippen LogP contribution in [0.1, 0.15) is 6.42 Å². The highest BCUT2D eigenvalue weighted by atomic mass is 15.6. The number of hydrogen-bond donors (Lipinski definition) is 0. The number of hydrogen-bond acceptors (Lipinski definition) is 2. The molecule has 0 aliphatic carbocycles. The molecule has 0 saturated carbocycles. The number of nitrogens with zero attached hydrogens (tertiary/aromatic N) is 2. The number of rotatable bonds is 1. The van der Waals surface area contributed by atoms with Crippen LogP contribution in [-0.4, -0.2) is 36.7 Å². The van der Waals surface area contributed by atoms with Gasteiger partial charge < -0.3 is 0 Å². The van der Waals surface area contributed by atoms with Gasteiger partial charge in [0.1, 0.15) is 0 Å². The first-order valence-corrected chi connectivity index (χ1v) is 3.10. The van der Waals surface area contributed by atoms with Gasteiger partial charge >= 0.3 is 0 Å². The van der Waals surface area contributed by atoms with Gasteiger partial charge in [-0.25, -0.2) is 10.0 Å². The zero-order valence-electron chi connectivity index (χ0n) is 5.43. The average Bonchev–Trinajstić information content (AvgIpc) is 2.14. The van der Waals surface area contributed by atoms with E-state index in [2.05, 4.69) is 24.0 Å². The lowest BCUT2D eigenvalue weighted by molar-refractivity contribution is 0.0698. The Morgan fingerprint density at radius 2 is 2.25 bits per heavy atom. The molecule has 0 aromatic rings. The van der Waals surface area contributed by atoms with E-state index in [1.807, 2.05) is 0 Å². The summed E-state index contributed by atoms with van der Waals surface area (Å²) >= 11 is 0. The minimum Gasteiger partial charge on any atom is -0.245 e. The maximum absolute atomic E-state index is 3.80. The number of hydrazine groups is 1. The highest BCUT2D eigenvalue weighted by Crippen LogP contribution is 2.04. The van der Waals surface area contributed by atoms with Crippen molar-refractivity contribution in [2.75, 3.05) is 26.7 Å². The molecule has 1 heterocycles. The Hall–Kier alpha value is -0.0800. The molecule has 0 aromatic heterocycles. The highest BCUT2D eigenvalue weighted by Gasteiger charge is 2.14. The first-order valence-electron chi connectivity index (χ1n) is 3.10. The monoisotopic (exact) mass is 113 g/mol. The normalized spacial score (nSPS) is 24.8. The maximum Gasteiger partial charge on any atom is 0.0145 e. The fourth-order valence-corrected chi connectivity index (χ4v) is 1.08. The van der Waals surface area contributed by atoms with Crippen LogP contribution in [-0.2, 0) is 0 Å². The van der Waals surface area contributed by atoms with Crippen LogP contribution in [0.5, 0.6) is 0 Å². The van der Waals surface area contributed by atoms with Gasteiger partial charge in [0.05, 0.1) is 0 Å². The Kier molecular flexibility index (Phi) is 1.86. The third kappa shape index (κ3) is 1.01. The molecule has 0 spiro atoms. The van der Waals surface area contributed by atoms with Gasteiger partial charge in [0.25, 0.3) is 0 Å². The molecule has 8 heavy (non-hydrogen) atoms. The Bertz CT molecular complexity index is 72.9. The first-order chi connectivity index (χ1) is 3.84. The lowest BCUT2D eigenvalue weighted by Gasteiger charge is -2.21. The average molecular weight is 113 g/mol.